The molecule has 9 heteroatoms. The van der Waals surface area contributed by atoms with Crippen LogP contribution in [-0.2, 0) is 6.18 Å². The van der Waals surface area contributed by atoms with E-state index in [1.165, 1.54) is 47.3 Å². The number of carbonyl (C=O) groups is 1. The Morgan fingerprint density at radius 3 is 2.41 bits per heavy atom. The van der Waals surface area contributed by atoms with Crippen LogP contribution in [0.15, 0.2) is 54.7 Å². The number of anilines is 1. The van der Waals surface area contributed by atoms with E-state index in [0.29, 0.717) is 11.4 Å². The van der Waals surface area contributed by atoms with Crippen molar-refractivity contribution in [3.05, 3.63) is 77.4 Å². The van der Waals surface area contributed by atoms with E-state index in [-0.39, 0.29) is 17.2 Å². The molecule has 0 aliphatic heterocycles. The first-order chi connectivity index (χ1) is 13.7. The van der Waals surface area contributed by atoms with Gasteiger partial charge in [-0.25, -0.2) is 9.07 Å². The number of nitrogens with one attached hydrogen (secondary N) is 2. The van der Waals surface area contributed by atoms with Gasteiger partial charge in [0.2, 0.25) is 0 Å². The summed E-state index contributed by atoms with van der Waals surface area (Å²) in [6, 6.07) is 10.1. The molecule has 2 aromatic carbocycles. The average Bonchev–Trinajstić information content (AvgIpc) is 3.12. The Morgan fingerprint density at radius 2 is 1.79 bits per heavy atom. The zero-order valence-electron chi connectivity index (χ0n) is 15.6. The summed E-state index contributed by atoms with van der Waals surface area (Å²) in [5.41, 5.74) is 5.56. The molecule has 0 radical (unpaired) electrons. The number of benzene rings is 2. The summed E-state index contributed by atoms with van der Waals surface area (Å²) >= 11 is 0. The molecule has 3 aromatic rings. The van der Waals surface area contributed by atoms with Crippen molar-refractivity contribution in [3.8, 4) is 5.69 Å². The Kier molecular flexibility index (Phi) is 5.58. The van der Waals surface area contributed by atoms with Gasteiger partial charge in [0, 0.05) is 0 Å². The highest BCUT2D eigenvalue weighted by atomic mass is 19.4. The predicted octanol–water partition coefficient (Wildman–Crippen LogP) is 4.91. The average molecular weight is 406 g/mol. The fourth-order valence-corrected chi connectivity index (χ4v) is 2.85. The molecule has 3 rings (SSSR count). The summed E-state index contributed by atoms with van der Waals surface area (Å²) in [7, 11) is 0. The van der Waals surface area contributed by atoms with Gasteiger partial charge in [-0.2, -0.15) is 18.3 Å². The SMILES string of the molecule is CC(C)c1c(C(=O)NNc2cccc(C(F)(F)F)c2)cnn1-c1ccc(F)cc1. The predicted molar refractivity (Wildman–Crippen MR) is 100 cm³/mol. The molecule has 0 fully saturated rings. The van der Waals surface area contributed by atoms with Crippen LogP contribution < -0.4 is 10.9 Å². The number of aromatic nitrogens is 2. The van der Waals surface area contributed by atoms with Gasteiger partial charge in [0.15, 0.2) is 0 Å². The maximum Gasteiger partial charge on any atom is 0.416 e. The lowest BCUT2D eigenvalue weighted by atomic mass is 10.1. The topological polar surface area (TPSA) is 59.0 Å². The second-order valence-corrected chi connectivity index (χ2v) is 6.64. The molecule has 2 N–H and O–H groups in total. The van der Waals surface area contributed by atoms with Crippen LogP contribution in [0.5, 0.6) is 0 Å². The first-order valence-corrected chi connectivity index (χ1v) is 8.74. The molecule has 0 spiro atoms. The summed E-state index contributed by atoms with van der Waals surface area (Å²) in [6.45, 7) is 3.74. The normalized spacial score (nSPS) is 11.6. The Morgan fingerprint density at radius 1 is 1.10 bits per heavy atom. The highest BCUT2D eigenvalue weighted by molar-refractivity contribution is 5.96. The van der Waals surface area contributed by atoms with E-state index in [2.05, 4.69) is 16.0 Å². The summed E-state index contributed by atoms with van der Waals surface area (Å²) < 4.78 is 53.2. The smallest absolute Gasteiger partial charge is 0.298 e. The van der Waals surface area contributed by atoms with Gasteiger partial charge in [-0.3, -0.25) is 15.6 Å². The number of hydrazine groups is 1. The Hall–Kier alpha value is -3.36. The van der Waals surface area contributed by atoms with Gasteiger partial charge in [-0.1, -0.05) is 19.9 Å². The minimum absolute atomic E-state index is 0.0881. The molecular weight excluding hydrogens is 388 g/mol. The van der Waals surface area contributed by atoms with E-state index in [1.54, 1.807) is 0 Å². The minimum Gasteiger partial charge on any atom is -0.298 e. The monoisotopic (exact) mass is 406 g/mol. The van der Waals surface area contributed by atoms with E-state index in [9.17, 15) is 22.4 Å². The van der Waals surface area contributed by atoms with Crippen LogP contribution in [0.4, 0.5) is 23.2 Å². The largest absolute Gasteiger partial charge is 0.416 e. The number of carbonyl (C=O) groups excluding carboxylic acids is 1. The molecule has 0 saturated carbocycles. The third-order valence-electron chi connectivity index (χ3n) is 4.18. The second-order valence-electron chi connectivity index (χ2n) is 6.64. The molecule has 0 aliphatic carbocycles. The van der Waals surface area contributed by atoms with E-state index in [1.807, 2.05) is 13.8 Å². The second kappa shape index (κ2) is 7.94. The first-order valence-electron chi connectivity index (χ1n) is 8.74. The van der Waals surface area contributed by atoms with Crippen LogP contribution in [0.25, 0.3) is 5.69 Å². The van der Waals surface area contributed by atoms with Crippen LogP contribution in [-0.4, -0.2) is 15.7 Å². The number of hydrogen-bond acceptors (Lipinski definition) is 3. The summed E-state index contributed by atoms with van der Waals surface area (Å²) in [4.78, 5) is 12.6. The molecule has 0 saturated heterocycles. The van der Waals surface area contributed by atoms with Gasteiger partial charge in [0.05, 0.1) is 34.4 Å². The molecule has 1 amide bonds. The molecule has 152 valence electrons. The zero-order chi connectivity index (χ0) is 21.2. The van der Waals surface area contributed by atoms with Crippen molar-refractivity contribution in [2.24, 2.45) is 0 Å². The third kappa shape index (κ3) is 4.56. The van der Waals surface area contributed by atoms with Crippen molar-refractivity contribution in [1.29, 1.82) is 0 Å². The Balaban J connectivity index is 1.82. The van der Waals surface area contributed by atoms with Gasteiger partial charge < -0.3 is 0 Å². The standard InChI is InChI=1S/C20H18F4N4O/c1-12(2)18-17(11-25-28(18)16-8-6-14(21)7-9-16)19(29)27-26-15-5-3-4-13(10-15)20(22,23)24/h3-12,26H,1-2H3,(H,27,29). The molecule has 5 nitrogen and oxygen atoms in total. The van der Waals surface area contributed by atoms with Crippen LogP contribution in [0, 0.1) is 5.82 Å². The lowest BCUT2D eigenvalue weighted by molar-refractivity contribution is -0.137. The summed E-state index contributed by atoms with van der Waals surface area (Å²) in [5, 5.41) is 4.22. The zero-order valence-corrected chi connectivity index (χ0v) is 15.6. The van der Waals surface area contributed by atoms with Gasteiger partial charge in [0.25, 0.3) is 5.91 Å². The molecule has 1 aromatic heterocycles. The van der Waals surface area contributed by atoms with Crippen molar-refractivity contribution in [2.45, 2.75) is 25.9 Å². The number of alkyl halides is 3. The minimum atomic E-state index is -4.48. The van der Waals surface area contributed by atoms with Gasteiger partial charge in [-0.15, -0.1) is 0 Å². The van der Waals surface area contributed by atoms with E-state index < -0.39 is 23.5 Å². The third-order valence-corrected chi connectivity index (χ3v) is 4.18. The van der Waals surface area contributed by atoms with Crippen molar-refractivity contribution in [2.75, 3.05) is 5.43 Å². The molecule has 0 bridgehead atoms. The number of rotatable bonds is 5. The highest BCUT2D eigenvalue weighted by Crippen LogP contribution is 2.30. The van der Waals surface area contributed by atoms with Crippen LogP contribution in [0.1, 0.15) is 41.4 Å². The Bertz CT molecular complexity index is 1010. The summed E-state index contributed by atoms with van der Waals surface area (Å²) in [5.74, 6) is -1.05. The molecule has 29 heavy (non-hydrogen) atoms. The maximum absolute atomic E-state index is 13.2. The van der Waals surface area contributed by atoms with Crippen molar-refractivity contribution in [3.63, 3.8) is 0 Å². The molecular formula is C20H18F4N4O. The molecule has 0 atom stereocenters. The molecule has 0 unspecified atom stereocenters. The van der Waals surface area contributed by atoms with E-state index in [0.717, 1.165) is 12.1 Å². The number of halogens is 4. The number of nitrogens with zero attached hydrogens (tertiary/aromatic N) is 2. The fourth-order valence-electron chi connectivity index (χ4n) is 2.85. The lowest BCUT2D eigenvalue weighted by Gasteiger charge is -2.14. The maximum atomic E-state index is 13.2. The molecule has 0 aliphatic rings. The lowest BCUT2D eigenvalue weighted by Crippen LogP contribution is -2.30. The van der Waals surface area contributed by atoms with Crippen LogP contribution >= 0.6 is 0 Å². The van der Waals surface area contributed by atoms with Crippen molar-refractivity contribution >= 4 is 11.6 Å². The molecule has 1 heterocycles. The number of amides is 1. The van der Waals surface area contributed by atoms with Crippen molar-refractivity contribution < 1.29 is 22.4 Å². The fraction of sp³-hybridized carbons (Fsp3) is 0.200. The van der Waals surface area contributed by atoms with E-state index >= 15 is 0 Å². The summed E-state index contributed by atoms with van der Waals surface area (Å²) in [6.07, 6.45) is -3.12. The highest BCUT2D eigenvalue weighted by Gasteiger charge is 2.30. The van der Waals surface area contributed by atoms with Gasteiger partial charge in [-0.05, 0) is 48.4 Å². The first kappa shape index (κ1) is 20.4. The van der Waals surface area contributed by atoms with Gasteiger partial charge in [0.1, 0.15) is 5.82 Å². The quantitative estimate of drug-likeness (QED) is 0.468. The van der Waals surface area contributed by atoms with Crippen LogP contribution in [0.2, 0.25) is 0 Å². The Labute approximate surface area is 164 Å². The van der Waals surface area contributed by atoms with Gasteiger partial charge >= 0.3 is 6.18 Å². The van der Waals surface area contributed by atoms with Crippen molar-refractivity contribution in [1.82, 2.24) is 15.2 Å². The van der Waals surface area contributed by atoms with E-state index in [4.69, 9.17) is 0 Å². The number of hydrogen-bond donors (Lipinski definition) is 2. The van der Waals surface area contributed by atoms with Crippen LogP contribution in [0.3, 0.4) is 0 Å².